The summed E-state index contributed by atoms with van der Waals surface area (Å²) >= 11 is 1.69. The van der Waals surface area contributed by atoms with E-state index < -0.39 is 0 Å². The first kappa shape index (κ1) is 12.1. The highest BCUT2D eigenvalue weighted by molar-refractivity contribution is 7.99. The molecule has 82 valence electrons. The summed E-state index contributed by atoms with van der Waals surface area (Å²) in [6.07, 6.45) is 2.37. The van der Waals surface area contributed by atoms with Gasteiger partial charge in [-0.15, -0.1) is 0 Å². The number of carbonyl (C=O) groups is 1. The smallest absolute Gasteiger partial charge is 0.234 e. The van der Waals surface area contributed by atoms with Crippen LogP contribution in [0.1, 0.15) is 19.8 Å². The highest BCUT2D eigenvalue weighted by Crippen LogP contribution is 2.08. The monoisotopic (exact) mass is 223 g/mol. The van der Waals surface area contributed by atoms with Gasteiger partial charge in [-0.2, -0.15) is 11.8 Å². The van der Waals surface area contributed by atoms with Crippen LogP contribution in [-0.2, 0) is 4.79 Å². The first-order valence-corrected chi connectivity index (χ1v) is 6.41. The van der Waals surface area contributed by atoms with Crippen LogP contribution in [0, 0.1) is 0 Å². The Kier molecular flexibility index (Phi) is 5.93. The molecule has 0 aliphatic heterocycles. The summed E-state index contributed by atoms with van der Waals surface area (Å²) in [6, 6.07) is 9.56. The van der Waals surface area contributed by atoms with E-state index in [9.17, 15) is 4.79 Å². The SMILES string of the molecule is CCCCSCC(=O)Nc1ccccc1. The fourth-order valence-corrected chi connectivity index (χ4v) is 2.02. The number of amides is 1. The molecule has 1 amide bonds. The topological polar surface area (TPSA) is 29.1 Å². The quantitative estimate of drug-likeness (QED) is 0.751. The first-order chi connectivity index (χ1) is 7.33. The van der Waals surface area contributed by atoms with Gasteiger partial charge < -0.3 is 5.32 Å². The van der Waals surface area contributed by atoms with Crippen LogP contribution >= 0.6 is 11.8 Å². The maximum absolute atomic E-state index is 11.4. The van der Waals surface area contributed by atoms with Crippen LogP contribution in [-0.4, -0.2) is 17.4 Å². The van der Waals surface area contributed by atoms with E-state index in [0.29, 0.717) is 5.75 Å². The molecule has 0 saturated carbocycles. The lowest BCUT2D eigenvalue weighted by Gasteiger charge is -2.04. The average Bonchev–Trinajstić information content (AvgIpc) is 2.26. The lowest BCUT2D eigenvalue weighted by Crippen LogP contribution is -2.14. The Morgan fingerprint density at radius 3 is 2.73 bits per heavy atom. The molecule has 2 nitrogen and oxygen atoms in total. The van der Waals surface area contributed by atoms with Crippen LogP contribution in [0.5, 0.6) is 0 Å². The molecule has 0 radical (unpaired) electrons. The second kappa shape index (κ2) is 7.35. The summed E-state index contributed by atoms with van der Waals surface area (Å²) in [5.74, 6) is 1.70. The van der Waals surface area contributed by atoms with E-state index in [1.807, 2.05) is 30.3 Å². The number of carbonyl (C=O) groups excluding carboxylic acids is 1. The molecule has 1 N–H and O–H groups in total. The maximum atomic E-state index is 11.4. The van der Waals surface area contributed by atoms with E-state index in [4.69, 9.17) is 0 Å². The summed E-state index contributed by atoms with van der Waals surface area (Å²) in [7, 11) is 0. The summed E-state index contributed by atoms with van der Waals surface area (Å²) in [5.41, 5.74) is 0.874. The Morgan fingerprint density at radius 2 is 2.07 bits per heavy atom. The van der Waals surface area contributed by atoms with Crippen LogP contribution in [0.2, 0.25) is 0 Å². The van der Waals surface area contributed by atoms with Crippen molar-refractivity contribution in [2.75, 3.05) is 16.8 Å². The molecule has 0 aliphatic rings. The number of unbranched alkanes of at least 4 members (excludes halogenated alkanes) is 1. The van der Waals surface area contributed by atoms with Gasteiger partial charge >= 0.3 is 0 Å². The molecule has 0 spiro atoms. The van der Waals surface area contributed by atoms with Crippen molar-refractivity contribution >= 4 is 23.4 Å². The highest BCUT2D eigenvalue weighted by atomic mass is 32.2. The number of nitrogens with one attached hydrogen (secondary N) is 1. The number of anilines is 1. The summed E-state index contributed by atoms with van der Waals surface area (Å²) in [5, 5.41) is 2.86. The predicted octanol–water partition coefficient (Wildman–Crippen LogP) is 3.16. The van der Waals surface area contributed by atoms with Crippen molar-refractivity contribution in [3.05, 3.63) is 30.3 Å². The van der Waals surface area contributed by atoms with Gasteiger partial charge in [-0.05, 0) is 24.3 Å². The van der Waals surface area contributed by atoms with E-state index >= 15 is 0 Å². The third kappa shape index (κ3) is 5.47. The summed E-state index contributed by atoms with van der Waals surface area (Å²) < 4.78 is 0. The molecule has 0 unspecified atom stereocenters. The van der Waals surface area contributed by atoms with Crippen molar-refractivity contribution in [1.82, 2.24) is 0 Å². The standard InChI is InChI=1S/C12H17NOS/c1-2-3-9-15-10-12(14)13-11-7-5-4-6-8-11/h4-8H,2-3,9-10H2,1H3,(H,13,14). The van der Waals surface area contributed by atoms with Crippen LogP contribution in [0.3, 0.4) is 0 Å². The molecule has 1 rings (SSSR count). The van der Waals surface area contributed by atoms with Gasteiger partial charge in [0.15, 0.2) is 0 Å². The van der Waals surface area contributed by atoms with Gasteiger partial charge in [-0.1, -0.05) is 31.5 Å². The summed E-state index contributed by atoms with van der Waals surface area (Å²) in [4.78, 5) is 11.4. The Morgan fingerprint density at radius 1 is 1.33 bits per heavy atom. The third-order valence-corrected chi connectivity index (χ3v) is 2.98. The van der Waals surface area contributed by atoms with E-state index in [-0.39, 0.29) is 5.91 Å². The number of benzene rings is 1. The molecule has 0 fully saturated rings. The minimum absolute atomic E-state index is 0.0855. The first-order valence-electron chi connectivity index (χ1n) is 5.25. The predicted molar refractivity (Wildman–Crippen MR) is 67.3 cm³/mol. The van der Waals surface area contributed by atoms with Crippen molar-refractivity contribution in [2.45, 2.75) is 19.8 Å². The second-order valence-corrected chi connectivity index (χ2v) is 4.43. The Labute approximate surface area is 95.5 Å². The number of rotatable bonds is 6. The number of hydrogen-bond donors (Lipinski definition) is 1. The van der Waals surface area contributed by atoms with E-state index in [2.05, 4.69) is 12.2 Å². The molecule has 0 bridgehead atoms. The molecule has 15 heavy (non-hydrogen) atoms. The van der Waals surface area contributed by atoms with Gasteiger partial charge in [0, 0.05) is 5.69 Å². The van der Waals surface area contributed by atoms with Gasteiger partial charge in [-0.25, -0.2) is 0 Å². The number of para-hydroxylation sites is 1. The highest BCUT2D eigenvalue weighted by Gasteiger charge is 2.00. The number of hydrogen-bond acceptors (Lipinski definition) is 2. The van der Waals surface area contributed by atoms with Gasteiger partial charge in [-0.3, -0.25) is 4.79 Å². The zero-order chi connectivity index (χ0) is 10.9. The second-order valence-electron chi connectivity index (χ2n) is 3.32. The molecule has 0 atom stereocenters. The fraction of sp³-hybridized carbons (Fsp3) is 0.417. The average molecular weight is 223 g/mol. The van der Waals surface area contributed by atoms with Crippen LogP contribution in [0.25, 0.3) is 0 Å². The molecule has 0 heterocycles. The Bertz CT molecular complexity index is 287. The molecule has 1 aromatic carbocycles. The van der Waals surface area contributed by atoms with Crippen molar-refractivity contribution in [2.24, 2.45) is 0 Å². The van der Waals surface area contributed by atoms with E-state index in [0.717, 1.165) is 11.4 Å². The molecule has 1 aromatic rings. The molecular formula is C12H17NOS. The zero-order valence-electron chi connectivity index (χ0n) is 9.03. The third-order valence-electron chi connectivity index (χ3n) is 1.93. The largest absolute Gasteiger partial charge is 0.325 e. The minimum atomic E-state index is 0.0855. The Hall–Kier alpha value is -0.960. The fourth-order valence-electron chi connectivity index (χ4n) is 1.13. The molecule has 0 aliphatic carbocycles. The van der Waals surface area contributed by atoms with Crippen molar-refractivity contribution in [1.29, 1.82) is 0 Å². The van der Waals surface area contributed by atoms with Gasteiger partial charge in [0.2, 0.25) is 5.91 Å². The van der Waals surface area contributed by atoms with Crippen molar-refractivity contribution in [3.63, 3.8) is 0 Å². The molecule has 0 saturated heterocycles. The molecular weight excluding hydrogens is 206 g/mol. The van der Waals surface area contributed by atoms with E-state index in [1.54, 1.807) is 11.8 Å². The minimum Gasteiger partial charge on any atom is -0.325 e. The van der Waals surface area contributed by atoms with Gasteiger partial charge in [0.05, 0.1) is 5.75 Å². The molecule has 0 aromatic heterocycles. The maximum Gasteiger partial charge on any atom is 0.234 e. The van der Waals surface area contributed by atoms with Crippen LogP contribution < -0.4 is 5.32 Å². The molecule has 3 heteroatoms. The van der Waals surface area contributed by atoms with Gasteiger partial charge in [0.25, 0.3) is 0 Å². The van der Waals surface area contributed by atoms with Crippen LogP contribution in [0.4, 0.5) is 5.69 Å². The number of thioether (sulfide) groups is 1. The van der Waals surface area contributed by atoms with Crippen LogP contribution in [0.15, 0.2) is 30.3 Å². The Balaban J connectivity index is 2.19. The van der Waals surface area contributed by atoms with Crippen molar-refractivity contribution in [3.8, 4) is 0 Å². The zero-order valence-corrected chi connectivity index (χ0v) is 9.85. The van der Waals surface area contributed by atoms with Gasteiger partial charge in [0.1, 0.15) is 0 Å². The normalized spacial score (nSPS) is 9.93. The summed E-state index contributed by atoms with van der Waals surface area (Å²) in [6.45, 7) is 2.16. The lowest BCUT2D eigenvalue weighted by molar-refractivity contribution is -0.113. The van der Waals surface area contributed by atoms with Crippen molar-refractivity contribution < 1.29 is 4.79 Å². The lowest BCUT2D eigenvalue weighted by atomic mass is 10.3. The van der Waals surface area contributed by atoms with E-state index in [1.165, 1.54) is 12.8 Å².